The number of hydrogen-bond donors (Lipinski definition) is 1. The van der Waals surface area contributed by atoms with Crippen LogP contribution in [0.15, 0.2) is 53.6 Å². The van der Waals surface area contributed by atoms with E-state index in [1.54, 1.807) is 30.3 Å². The molecule has 0 heterocycles. The fourth-order valence-electron chi connectivity index (χ4n) is 1.49. The van der Waals surface area contributed by atoms with Crippen LogP contribution >= 0.6 is 0 Å². The van der Waals surface area contributed by atoms with Crippen LogP contribution in [-0.2, 0) is 0 Å². The van der Waals surface area contributed by atoms with Crippen LogP contribution in [-0.4, -0.2) is 5.11 Å². The lowest BCUT2D eigenvalue weighted by molar-refractivity contribution is 0.475. The van der Waals surface area contributed by atoms with Gasteiger partial charge in [-0.2, -0.15) is 0 Å². The van der Waals surface area contributed by atoms with Gasteiger partial charge in [-0.3, -0.25) is 0 Å². The molecule has 1 N–H and O–H groups in total. The summed E-state index contributed by atoms with van der Waals surface area (Å²) in [4.78, 5) is 2.79. The van der Waals surface area contributed by atoms with Gasteiger partial charge in [0, 0.05) is 10.6 Å². The Morgan fingerprint density at radius 2 is 1.69 bits per heavy atom. The number of benzene rings is 2. The molecule has 0 saturated carbocycles. The minimum Gasteiger partial charge on any atom is -0.508 e. The van der Waals surface area contributed by atoms with Crippen molar-refractivity contribution in [2.75, 3.05) is 0 Å². The van der Waals surface area contributed by atoms with E-state index in [1.807, 2.05) is 18.2 Å². The molecular weight excluding hydrogens is 202 g/mol. The van der Waals surface area contributed by atoms with Crippen molar-refractivity contribution in [1.82, 2.24) is 0 Å². The Bertz CT molecular complexity index is 542. The van der Waals surface area contributed by atoms with Gasteiger partial charge >= 0.3 is 0 Å². The van der Waals surface area contributed by atoms with Crippen molar-refractivity contribution < 1.29 is 5.11 Å². The van der Waals surface area contributed by atoms with Gasteiger partial charge in [-0.25, -0.2) is 0 Å². The van der Waals surface area contributed by atoms with Gasteiger partial charge in [-0.15, -0.1) is 0 Å². The number of azide groups is 1. The van der Waals surface area contributed by atoms with Crippen molar-refractivity contribution in [3.8, 4) is 16.9 Å². The van der Waals surface area contributed by atoms with Crippen LogP contribution in [0.3, 0.4) is 0 Å². The summed E-state index contributed by atoms with van der Waals surface area (Å²) in [6.07, 6.45) is 0. The largest absolute Gasteiger partial charge is 0.508 e. The summed E-state index contributed by atoms with van der Waals surface area (Å²) in [5, 5.41) is 12.8. The first-order valence-corrected chi connectivity index (χ1v) is 4.75. The lowest BCUT2D eigenvalue weighted by Gasteiger charge is -2.04. The van der Waals surface area contributed by atoms with Gasteiger partial charge in [0.25, 0.3) is 0 Å². The van der Waals surface area contributed by atoms with E-state index >= 15 is 0 Å². The molecule has 0 aromatic heterocycles. The third-order valence-corrected chi connectivity index (χ3v) is 2.23. The van der Waals surface area contributed by atoms with E-state index in [-0.39, 0.29) is 5.75 Å². The van der Waals surface area contributed by atoms with Crippen molar-refractivity contribution in [2.45, 2.75) is 0 Å². The summed E-state index contributed by atoms with van der Waals surface area (Å²) < 4.78 is 0. The fourth-order valence-corrected chi connectivity index (χ4v) is 1.49. The van der Waals surface area contributed by atoms with Crippen molar-refractivity contribution in [2.24, 2.45) is 5.11 Å². The molecule has 2 rings (SSSR count). The fraction of sp³-hybridized carbons (Fsp3) is 0. The highest BCUT2D eigenvalue weighted by Gasteiger charge is 2.02. The molecule has 0 amide bonds. The summed E-state index contributed by atoms with van der Waals surface area (Å²) in [7, 11) is 0. The maximum atomic E-state index is 9.19. The van der Waals surface area contributed by atoms with Crippen LogP contribution in [0.4, 0.5) is 5.69 Å². The first-order chi connectivity index (χ1) is 7.81. The lowest BCUT2D eigenvalue weighted by Crippen LogP contribution is -1.77. The Hall–Kier alpha value is -2.45. The van der Waals surface area contributed by atoms with Gasteiger partial charge in [0.1, 0.15) is 5.75 Å². The smallest absolute Gasteiger partial charge is 0.115 e. The summed E-state index contributed by atoms with van der Waals surface area (Å²) in [5.41, 5.74) is 10.8. The maximum Gasteiger partial charge on any atom is 0.115 e. The molecule has 2 aromatic rings. The third-order valence-electron chi connectivity index (χ3n) is 2.23. The molecule has 16 heavy (non-hydrogen) atoms. The van der Waals surface area contributed by atoms with E-state index in [0.717, 1.165) is 11.1 Å². The Labute approximate surface area is 92.4 Å². The van der Waals surface area contributed by atoms with Crippen molar-refractivity contribution in [1.29, 1.82) is 0 Å². The molecule has 0 radical (unpaired) electrons. The molecule has 0 unspecified atom stereocenters. The minimum atomic E-state index is 0.213. The Morgan fingerprint density at radius 1 is 1.00 bits per heavy atom. The standard InChI is InChI=1S/C12H9N3O/c13-15-14-12-4-2-1-3-11(12)9-5-7-10(16)8-6-9/h1-8,16H. The van der Waals surface area contributed by atoms with E-state index in [4.69, 9.17) is 5.53 Å². The molecule has 78 valence electrons. The summed E-state index contributed by atoms with van der Waals surface area (Å²) in [6, 6.07) is 14.1. The second-order valence-electron chi connectivity index (χ2n) is 3.25. The van der Waals surface area contributed by atoms with Crippen molar-refractivity contribution in [3.05, 3.63) is 59.0 Å². The van der Waals surface area contributed by atoms with Crippen LogP contribution in [0.1, 0.15) is 0 Å². The van der Waals surface area contributed by atoms with E-state index in [2.05, 4.69) is 10.0 Å². The van der Waals surface area contributed by atoms with Crippen LogP contribution < -0.4 is 0 Å². The molecular formula is C12H9N3O. The lowest BCUT2D eigenvalue weighted by atomic mass is 10.0. The van der Waals surface area contributed by atoms with E-state index in [1.165, 1.54) is 0 Å². The van der Waals surface area contributed by atoms with Gasteiger partial charge in [0.05, 0.1) is 0 Å². The van der Waals surface area contributed by atoms with Crippen LogP contribution in [0.25, 0.3) is 21.6 Å². The Balaban J connectivity index is 2.55. The SMILES string of the molecule is [N-]=[N+]=Nc1ccccc1-c1ccc(O)cc1. The summed E-state index contributed by atoms with van der Waals surface area (Å²) in [5.74, 6) is 0.213. The van der Waals surface area contributed by atoms with Crippen LogP contribution in [0.2, 0.25) is 0 Å². The van der Waals surface area contributed by atoms with E-state index in [0.29, 0.717) is 5.69 Å². The number of nitrogens with zero attached hydrogens (tertiary/aromatic N) is 3. The molecule has 0 fully saturated rings. The average molecular weight is 211 g/mol. The number of phenolic OH excluding ortho intramolecular Hbond substituents is 1. The molecule has 0 spiro atoms. The Kier molecular flexibility index (Phi) is 2.76. The molecule has 0 aliphatic rings. The zero-order valence-electron chi connectivity index (χ0n) is 8.41. The molecule has 4 heteroatoms. The van der Waals surface area contributed by atoms with Gasteiger partial charge in [-0.05, 0) is 28.8 Å². The highest BCUT2D eigenvalue weighted by atomic mass is 16.3. The predicted molar refractivity (Wildman–Crippen MR) is 62.3 cm³/mol. The summed E-state index contributed by atoms with van der Waals surface area (Å²) in [6.45, 7) is 0. The Morgan fingerprint density at radius 3 is 2.38 bits per heavy atom. The second kappa shape index (κ2) is 4.38. The van der Waals surface area contributed by atoms with Crippen LogP contribution in [0, 0.1) is 0 Å². The van der Waals surface area contributed by atoms with Gasteiger partial charge < -0.3 is 5.11 Å². The zero-order chi connectivity index (χ0) is 11.4. The molecule has 0 aliphatic carbocycles. The molecule has 4 nitrogen and oxygen atoms in total. The second-order valence-corrected chi connectivity index (χ2v) is 3.25. The molecule has 0 bridgehead atoms. The number of hydrogen-bond acceptors (Lipinski definition) is 2. The highest BCUT2D eigenvalue weighted by Crippen LogP contribution is 2.30. The zero-order valence-corrected chi connectivity index (χ0v) is 8.41. The van der Waals surface area contributed by atoms with E-state index in [9.17, 15) is 5.11 Å². The normalized spacial score (nSPS) is 9.50. The van der Waals surface area contributed by atoms with Crippen molar-refractivity contribution >= 4 is 5.69 Å². The minimum absolute atomic E-state index is 0.213. The number of aromatic hydroxyl groups is 1. The molecule has 0 saturated heterocycles. The molecule has 0 aliphatic heterocycles. The average Bonchev–Trinajstić information content (AvgIpc) is 2.32. The van der Waals surface area contributed by atoms with Gasteiger partial charge in [-0.1, -0.05) is 41.5 Å². The van der Waals surface area contributed by atoms with Gasteiger partial charge in [0.15, 0.2) is 0 Å². The molecule has 2 aromatic carbocycles. The van der Waals surface area contributed by atoms with Crippen LogP contribution in [0.5, 0.6) is 5.75 Å². The predicted octanol–water partition coefficient (Wildman–Crippen LogP) is 4.00. The van der Waals surface area contributed by atoms with E-state index < -0.39 is 0 Å². The van der Waals surface area contributed by atoms with Gasteiger partial charge in [0.2, 0.25) is 0 Å². The molecule has 0 atom stereocenters. The summed E-state index contributed by atoms with van der Waals surface area (Å²) >= 11 is 0. The quantitative estimate of drug-likeness (QED) is 0.455. The number of phenols is 1. The monoisotopic (exact) mass is 211 g/mol. The first-order valence-electron chi connectivity index (χ1n) is 4.75. The topological polar surface area (TPSA) is 69.0 Å². The maximum absolute atomic E-state index is 9.19. The third kappa shape index (κ3) is 1.97. The number of rotatable bonds is 2. The first kappa shape index (κ1) is 10.1. The van der Waals surface area contributed by atoms with Crippen molar-refractivity contribution in [3.63, 3.8) is 0 Å². The highest BCUT2D eigenvalue weighted by molar-refractivity contribution is 5.75.